The van der Waals surface area contributed by atoms with Crippen LogP contribution in [0.25, 0.3) is 10.9 Å². The normalized spacial score (nSPS) is 28.0. The third kappa shape index (κ3) is 4.52. The zero-order valence-electron chi connectivity index (χ0n) is 26.4. The fourth-order valence-corrected chi connectivity index (χ4v) is 8.48. The van der Waals surface area contributed by atoms with E-state index in [1.807, 2.05) is 86.8 Å². The molecule has 4 aliphatic rings. The third-order valence-electron chi connectivity index (χ3n) is 10.4. The van der Waals surface area contributed by atoms with Crippen molar-refractivity contribution in [3.63, 3.8) is 0 Å². The van der Waals surface area contributed by atoms with Crippen LogP contribution in [0, 0.1) is 5.92 Å². The Hall–Kier alpha value is -5.12. The Morgan fingerprint density at radius 3 is 2.26 bits per heavy atom. The van der Waals surface area contributed by atoms with Gasteiger partial charge in [0.05, 0.1) is 11.5 Å². The monoisotopic (exact) mass is 630 g/mol. The lowest BCUT2D eigenvalue weighted by molar-refractivity contribution is -0.148. The van der Waals surface area contributed by atoms with E-state index in [1.54, 1.807) is 4.90 Å². The Kier molecular flexibility index (Phi) is 6.86. The summed E-state index contributed by atoms with van der Waals surface area (Å²) in [6, 6.07) is 20.9. The first-order valence-corrected chi connectivity index (χ1v) is 16.5. The molecule has 6 atom stereocenters. The van der Waals surface area contributed by atoms with Crippen LogP contribution in [0.2, 0.25) is 0 Å². The molecule has 0 radical (unpaired) electrons. The number of nitrogens with one attached hydrogen (secondary N) is 5. The second-order valence-corrected chi connectivity index (χ2v) is 13.8. The quantitative estimate of drug-likeness (QED) is 0.214. The topological polar surface area (TPSA) is 135 Å². The molecule has 4 aromatic rings. The molecule has 10 nitrogen and oxygen atoms in total. The van der Waals surface area contributed by atoms with Crippen LogP contribution in [0.5, 0.6) is 0 Å². The van der Waals surface area contributed by atoms with E-state index in [0.717, 1.165) is 38.8 Å². The van der Waals surface area contributed by atoms with Crippen molar-refractivity contribution in [2.45, 2.75) is 68.7 Å². The number of aromatic nitrogens is 1. The second-order valence-electron chi connectivity index (χ2n) is 13.8. The molecule has 3 fully saturated rings. The number of hydrogen-bond acceptors (Lipinski definition) is 5. The number of carbonyl (C=O) groups is 4. The van der Waals surface area contributed by atoms with Gasteiger partial charge < -0.3 is 31.2 Å². The molecule has 3 saturated heterocycles. The highest BCUT2D eigenvalue weighted by molar-refractivity contribution is 6.02. The number of rotatable bonds is 7. The van der Waals surface area contributed by atoms with Gasteiger partial charge in [0.15, 0.2) is 0 Å². The SMILES string of the molecule is CC(C)C[C@H]1NC(=O)[C@H](Cc2c[nH]c3c([C@@]45c6ccccc6N[C@@H]4CN4C(=O)[C@@H](Cc6ccccc6)NC(=O)[C@@H]45)cccc23)NC1=O. The van der Waals surface area contributed by atoms with Crippen LogP contribution in [-0.2, 0) is 37.4 Å². The maximum Gasteiger partial charge on any atom is 0.246 e. The highest BCUT2D eigenvalue weighted by Gasteiger charge is 2.66. The van der Waals surface area contributed by atoms with Gasteiger partial charge in [0.25, 0.3) is 0 Å². The molecule has 10 heteroatoms. The van der Waals surface area contributed by atoms with E-state index >= 15 is 0 Å². The molecule has 0 saturated carbocycles. The van der Waals surface area contributed by atoms with Crippen molar-refractivity contribution in [1.29, 1.82) is 0 Å². The van der Waals surface area contributed by atoms with Crippen molar-refractivity contribution in [2.75, 3.05) is 11.9 Å². The maximum atomic E-state index is 14.3. The molecule has 8 rings (SSSR count). The van der Waals surface area contributed by atoms with Gasteiger partial charge in [-0.15, -0.1) is 0 Å². The van der Waals surface area contributed by atoms with E-state index in [9.17, 15) is 19.2 Å². The number of fused-ring (bicyclic) bond motifs is 6. The van der Waals surface area contributed by atoms with E-state index in [2.05, 4.69) is 32.3 Å². The predicted octanol–water partition coefficient (Wildman–Crippen LogP) is 2.77. The van der Waals surface area contributed by atoms with Crippen LogP contribution in [0.4, 0.5) is 5.69 Å². The van der Waals surface area contributed by atoms with Gasteiger partial charge >= 0.3 is 0 Å². The number of benzene rings is 3. The lowest BCUT2D eigenvalue weighted by Gasteiger charge is -2.42. The van der Waals surface area contributed by atoms with Crippen molar-refractivity contribution in [1.82, 2.24) is 25.8 Å². The molecular weight excluding hydrogens is 592 g/mol. The summed E-state index contributed by atoms with van der Waals surface area (Å²) < 4.78 is 0. The molecule has 0 aliphatic carbocycles. The summed E-state index contributed by atoms with van der Waals surface area (Å²) in [5.41, 5.74) is 4.69. The number of amides is 4. The van der Waals surface area contributed by atoms with Crippen LogP contribution in [0.3, 0.4) is 0 Å². The molecule has 3 aromatic carbocycles. The fourth-order valence-electron chi connectivity index (χ4n) is 8.48. The molecule has 5 heterocycles. The minimum absolute atomic E-state index is 0.0827. The van der Waals surface area contributed by atoms with Gasteiger partial charge in [-0.25, -0.2) is 0 Å². The van der Waals surface area contributed by atoms with E-state index in [0.29, 0.717) is 25.8 Å². The molecule has 47 heavy (non-hydrogen) atoms. The molecule has 1 aromatic heterocycles. The smallest absolute Gasteiger partial charge is 0.246 e. The number of aromatic amines is 1. The molecule has 4 aliphatic heterocycles. The van der Waals surface area contributed by atoms with Crippen molar-refractivity contribution < 1.29 is 19.2 Å². The molecule has 5 N–H and O–H groups in total. The van der Waals surface area contributed by atoms with Crippen molar-refractivity contribution in [3.05, 3.63) is 101 Å². The van der Waals surface area contributed by atoms with Crippen molar-refractivity contribution in [2.24, 2.45) is 5.92 Å². The number of piperazine rings is 2. The molecule has 4 amide bonds. The number of carbonyl (C=O) groups excluding carboxylic acids is 4. The Morgan fingerprint density at radius 1 is 0.745 bits per heavy atom. The molecular formula is C37H38N6O4. The van der Waals surface area contributed by atoms with Crippen LogP contribution >= 0.6 is 0 Å². The minimum Gasteiger partial charge on any atom is -0.379 e. The first kappa shape index (κ1) is 29.3. The number of anilines is 1. The zero-order chi connectivity index (χ0) is 32.4. The van der Waals surface area contributed by atoms with Crippen LogP contribution in [0.15, 0.2) is 79.0 Å². The first-order chi connectivity index (χ1) is 22.8. The summed E-state index contributed by atoms with van der Waals surface area (Å²) >= 11 is 0. The molecule has 240 valence electrons. The Labute approximate surface area is 272 Å². The van der Waals surface area contributed by atoms with E-state index < -0.39 is 29.6 Å². The van der Waals surface area contributed by atoms with Gasteiger partial charge in [0.2, 0.25) is 23.6 Å². The van der Waals surface area contributed by atoms with Gasteiger partial charge in [-0.05, 0) is 40.7 Å². The predicted molar refractivity (Wildman–Crippen MR) is 178 cm³/mol. The molecule has 0 unspecified atom stereocenters. The van der Waals surface area contributed by atoms with Crippen LogP contribution in [-0.4, -0.2) is 70.3 Å². The lowest BCUT2D eigenvalue weighted by atomic mass is 9.67. The van der Waals surface area contributed by atoms with Gasteiger partial charge in [-0.1, -0.05) is 80.6 Å². The number of nitrogens with zero attached hydrogens (tertiary/aromatic N) is 1. The molecule has 0 spiro atoms. The van der Waals surface area contributed by atoms with Gasteiger partial charge in [0, 0.05) is 42.2 Å². The van der Waals surface area contributed by atoms with E-state index in [1.165, 1.54) is 0 Å². The summed E-state index contributed by atoms with van der Waals surface area (Å²) in [6.45, 7) is 4.43. The lowest BCUT2D eigenvalue weighted by Crippen LogP contribution is -2.66. The van der Waals surface area contributed by atoms with Crippen LogP contribution in [0.1, 0.15) is 42.5 Å². The van der Waals surface area contributed by atoms with E-state index in [-0.39, 0.29) is 35.6 Å². The first-order valence-electron chi connectivity index (χ1n) is 16.5. The van der Waals surface area contributed by atoms with Gasteiger partial charge in [0.1, 0.15) is 24.2 Å². The van der Waals surface area contributed by atoms with Crippen molar-refractivity contribution in [3.8, 4) is 0 Å². The number of para-hydroxylation sites is 2. The molecule has 0 bridgehead atoms. The highest BCUT2D eigenvalue weighted by Crippen LogP contribution is 2.55. The average Bonchev–Trinajstić information content (AvgIpc) is 3.72. The van der Waals surface area contributed by atoms with Gasteiger partial charge in [-0.2, -0.15) is 0 Å². The van der Waals surface area contributed by atoms with Gasteiger partial charge in [-0.3, -0.25) is 19.2 Å². The average molecular weight is 631 g/mol. The zero-order valence-corrected chi connectivity index (χ0v) is 26.4. The number of hydrogen-bond donors (Lipinski definition) is 5. The Bertz CT molecular complexity index is 1920. The highest BCUT2D eigenvalue weighted by atomic mass is 16.2. The Balaban J connectivity index is 1.17. The fraction of sp³-hybridized carbons (Fsp3) is 0.351. The summed E-state index contributed by atoms with van der Waals surface area (Å²) in [5.74, 6) is -0.338. The third-order valence-corrected chi connectivity index (χ3v) is 10.4. The Morgan fingerprint density at radius 2 is 1.45 bits per heavy atom. The maximum absolute atomic E-state index is 14.3. The minimum atomic E-state index is -0.865. The second kappa shape index (κ2) is 11.0. The summed E-state index contributed by atoms with van der Waals surface area (Å²) in [7, 11) is 0. The standard InChI is InChI=1S/C37H38N6O4/c1-20(2)15-27-33(44)41-28(34(45)40-27)17-22-18-38-31-23(22)11-8-13-25(31)37-24-12-6-7-14-26(24)39-30(37)19-43-32(37)35(46)42-29(36(43)47)16-21-9-4-3-5-10-21/h3-14,18,20,27-30,32,38-39H,15-17,19H2,1-2H3,(H,40,45)(H,41,44)(H,42,46)/t27-,28+,29-,30-,32-,37+/m1/s1. The van der Waals surface area contributed by atoms with Crippen LogP contribution < -0.4 is 21.3 Å². The summed E-state index contributed by atoms with van der Waals surface area (Å²) in [4.78, 5) is 59.6. The summed E-state index contributed by atoms with van der Waals surface area (Å²) in [5, 5.41) is 13.5. The largest absolute Gasteiger partial charge is 0.379 e. The summed E-state index contributed by atoms with van der Waals surface area (Å²) in [6.07, 6.45) is 3.22. The van der Waals surface area contributed by atoms with E-state index in [4.69, 9.17) is 0 Å². The number of H-pyrrole nitrogens is 1. The van der Waals surface area contributed by atoms with Crippen molar-refractivity contribution >= 4 is 40.2 Å².